The van der Waals surface area contributed by atoms with Crippen molar-refractivity contribution in [1.82, 2.24) is 0 Å². The van der Waals surface area contributed by atoms with Gasteiger partial charge in [0.1, 0.15) is 9.75 Å². The maximum absolute atomic E-state index is 9.71. The van der Waals surface area contributed by atoms with Gasteiger partial charge in [-0.2, -0.15) is 0 Å². The van der Waals surface area contributed by atoms with Gasteiger partial charge in [0.15, 0.2) is 4.33 Å². The summed E-state index contributed by atoms with van der Waals surface area (Å²) in [4.78, 5) is -2.80. The molecule has 0 aromatic carbocycles. The predicted octanol–water partition coefficient (Wildman–Crippen LogP) is 3.58. The zero-order valence-corrected chi connectivity index (χ0v) is 11.0. The number of hydrogen-bond donors (Lipinski definition) is 1. The highest BCUT2D eigenvalue weighted by Gasteiger charge is 2.78. The Hall–Kier alpha value is 1.44. The molecule has 2 aliphatic carbocycles. The number of fused-ring (bicyclic) bond motifs is 2. The molecule has 0 amide bonds. The quantitative estimate of drug-likeness (QED) is 0.677. The molecule has 0 saturated heterocycles. The second-order valence-electron chi connectivity index (χ2n) is 3.44. The first kappa shape index (κ1) is 11.9. The molecule has 1 saturated carbocycles. The van der Waals surface area contributed by atoms with Crippen molar-refractivity contribution >= 4 is 69.6 Å². The minimum absolute atomic E-state index is 0.0274. The summed E-state index contributed by atoms with van der Waals surface area (Å²) in [7, 11) is 0. The average molecular weight is 317 g/mol. The van der Waals surface area contributed by atoms with E-state index >= 15 is 0 Å². The molecule has 1 fully saturated rings. The highest BCUT2D eigenvalue weighted by molar-refractivity contribution is 6.65. The van der Waals surface area contributed by atoms with Gasteiger partial charge in [0, 0.05) is 6.42 Å². The van der Waals surface area contributed by atoms with Crippen molar-refractivity contribution < 1.29 is 5.11 Å². The van der Waals surface area contributed by atoms with Crippen LogP contribution in [0.4, 0.5) is 0 Å². The fourth-order valence-corrected chi connectivity index (χ4v) is 4.52. The van der Waals surface area contributed by atoms with Crippen molar-refractivity contribution in [2.45, 2.75) is 26.6 Å². The van der Waals surface area contributed by atoms with Crippen molar-refractivity contribution in [2.75, 3.05) is 0 Å². The molecule has 80 valence electrons. The van der Waals surface area contributed by atoms with E-state index in [0.29, 0.717) is 0 Å². The monoisotopic (exact) mass is 314 g/mol. The van der Waals surface area contributed by atoms with Crippen LogP contribution >= 0.6 is 69.6 Å². The Morgan fingerprint density at radius 3 is 1.86 bits per heavy atom. The molecule has 2 aliphatic rings. The Balaban J connectivity index is 2.70. The number of alkyl halides is 4. The van der Waals surface area contributed by atoms with Gasteiger partial charge in [-0.3, -0.25) is 0 Å². The molecule has 1 N–H and O–H groups in total. The fourth-order valence-electron chi connectivity index (χ4n) is 1.88. The highest BCUT2D eigenvalue weighted by Crippen LogP contribution is 2.72. The first-order chi connectivity index (χ1) is 6.19. The van der Waals surface area contributed by atoms with Gasteiger partial charge in [-0.15, -0.1) is 23.2 Å². The van der Waals surface area contributed by atoms with Crippen LogP contribution in [0, 0.1) is 0 Å². The summed E-state index contributed by atoms with van der Waals surface area (Å²) in [5, 5.41) is 9.85. The molecule has 0 unspecified atom stereocenters. The summed E-state index contributed by atoms with van der Waals surface area (Å²) in [6.07, 6.45) is -0.924. The van der Waals surface area contributed by atoms with Crippen LogP contribution in [0.3, 0.4) is 0 Å². The summed E-state index contributed by atoms with van der Waals surface area (Å²) in [6.45, 7) is 0. The largest absolute Gasteiger partial charge is 0.391 e. The zero-order chi connectivity index (χ0) is 10.9. The van der Waals surface area contributed by atoms with E-state index in [1.807, 2.05) is 0 Å². The third-order valence-electron chi connectivity index (χ3n) is 2.75. The Bertz CT molecular complexity index is 339. The van der Waals surface area contributed by atoms with E-state index in [9.17, 15) is 5.11 Å². The van der Waals surface area contributed by atoms with Gasteiger partial charge in [0.05, 0.1) is 16.2 Å². The number of allylic oxidation sites excluding steroid dienone is 1. The van der Waals surface area contributed by atoms with Gasteiger partial charge < -0.3 is 5.11 Å². The lowest BCUT2D eigenvalue weighted by Gasteiger charge is -2.31. The van der Waals surface area contributed by atoms with Crippen LogP contribution in [0.5, 0.6) is 0 Å². The van der Waals surface area contributed by atoms with Crippen molar-refractivity contribution in [3.8, 4) is 0 Å². The zero-order valence-electron chi connectivity index (χ0n) is 6.50. The molecule has 2 bridgehead atoms. The minimum atomic E-state index is -1.60. The number of halogens is 6. The molecule has 0 aromatic rings. The number of hydrogen-bond acceptors (Lipinski definition) is 1. The summed E-state index contributed by atoms with van der Waals surface area (Å²) in [5.74, 6) is 0. The van der Waals surface area contributed by atoms with E-state index in [1.165, 1.54) is 0 Å². The van der Waals surface area contributed by atoms with Gasteiger partial charge in [0.2, 0.25) is 0 Å². The number of rotatable bonds is 0. The van der Waals surface area contributed by atoms with Gasteiger partial charge in [-0.1, -0.05) is 46.4 Å². The normalized spacial score (nSPS) is 50.4. The lowest BCUT2D eigenvalue weighted by atomic mass is 10.0. The third kappa shape index (κ3) is 0.964. The van der Waals surface area contributed by atoms with Gasteiger partial charge in [-0.25, -0.2) is 0 Å². The van der Waals surface area contributed by atoms with Crippen LogP contribution in [-0.2, 0) is 0 Å². The summed E-state index contributed by atoms with van der Waals surface area (Å²) in [6, 6.07) is 0. The Morgan fingerprint density at radius 1 is 1.07 bits per heavy atom. The van der Waals surface area contributed by atoms with Crippen molar-refractivity contribution in [1.29, 1.82) is 0 Å². The summed E-state index contributed by atoms with van der Waals surface area (Å²) < 4.78 is -1.60. The number of aliphatic hydroxyl groups is 1. The smallest absolute Gasteiger partial charge is 0.168 e. The molecule has 1 nitrogen and oxygen atoms in total. The summed E-state index contributed by atoms with van der Waals surface area (Å²) in [5.41, 5.74) is 0. The second-order valence-corrected chi connectivity index (χ2v) is 6.76. The molecule has 0 aromatic heterocycles. The van der Waals surface area contributed by atoms with Crippen LogP contribution in [0.25, 0.3) is 0 Å². The van der Waals surface area contributed by atoms with E-state index < -0.39 is 20.2 Å². The van der Waals surface area contributed by atoms with E-state index in [1.54, 1.807) is 0 Å². The standard InChI is InChI=1S/C7H4Cl6O/c8-3-4(9)6(11)2(14)1-5(3,10)7(6,12)13/h2,14H,1H2/t2-,5+,6+/m1/s1. The Morgan fingerprint density at radius 2 is 1.57 bits per heavy atom. The van der Waals surface area contributed by atoms with Crippen molar-refractivity contribution in [2.24, 2.45) is 0 Å². The molecule has 0 radical (unpaired) electrons. The SMILES string of the molecule is O[C@@H]1C[C@]2(Cl)C(Cl)=C(Cl)[C@]1(Cl)C2(Cl)Cl. The topological polar surface area (TPSA) is 20.2 Å². The molecular formula is C7H4Cl6O. The lowest BCUT2D eigenvalue weighted by Crippen LogP contribution is -2.45. The molecule has 7 heteroatoms. The molecule has 0 spiro atoms. The molecule has 14 heavy (non-hydrogen) atoms. The third-order valence-corrected chi connectivity index (χ3v) is 7.02. The molecular weight excluding hydrogens is 313 g/mol. The van der Waals surface area contributed by atoms with Crippen LogP contribution in [0.1, 0.15) is 6.42 Å². The second kappa shape index (κ2) is 3.01. The molecule has 3 atom stereocenters. The Kier molecular flexibility index (Phi) is 2.56. The van der Waals surface area contributed by atoms with Crippen molar-refractivity contribution in [3.05, 3.63) is 10.1 Å². The summed E-state index contributed by atoms with van der Waals surface area (Å²) >= 11 is 36.1. The van der Waals surface area contributed by atoms with Crippen molar-refractivity contribution in [3.63, 3.8) is 0 Å². The van der Waals surface area contributed by atoms with Gasteiger partial charge in [-0.05, 0) is 0 Å². The first-order valence-corrected chi connectivity index (χ1v) is 5.96. The van der Waals surface area contributed by atoms with Crippen LogP contribution in [0.15, 0.2) is 10.1 Å². The van der Waals surface area contributed by atoms with Gasteiger partial charge in [0.25, 0.3) is 0 Å². The maximum Gasteiger partial charge on any atom is 0.168 e. The van der Waals surface area contributed by atoms with Crippen LogP contribution in [-0.4, -0.2) is 25.3 Å². The molecule has 0 heterocycles. The predicted molar refractivity (Wildman–Crippen MR) is 61.0 cm³/mol. The molecule has 2 rings (SSSR count). The van der Waals surface area contributed by atoms with E-state index in [2.05, 4.69) is 0 Å². The minimum Gasteiger partial charge on any atom is -0.391 e. The fraction of sp³-hybridized carbons (Fsp3) is 0.714. The highest BCUT2D eigenvalue weighted by atomic mass is 35.5. The Labute approximate surface area is 111 Å². The molecule has 0 aliphatic heterocycles. The van der Waals surface area contributed by atoms with E-state index in [0.717, 1.165) is 0 Å². The maximum atomic E-state index is 9.71. The lowest BCUT2D eigenvalue weighted by molar-refractivity contribution is 0.157. The van der Waals surface area contributed by atoms with E-state index in [-0.39, 0.29) is 16.5 Å². The van der Waals surface area contributed by atoms with Crippen LogP contribution in [0.2, 0.25) is 0 Å². The number of aliphatic hydroxyl groups excluding tert-OH is 1. The van der Waals surface area contributed by atoms with Gasteiger partial charge >= 0.3 is 0 Å². The average Bonchev–Trinajstić information content (AvgIpc) is 2.27. The van der Waals surface area contributed by atoms with E-state index in [4.69, 9.17) is 69.6 Å². The van der Waals surface area contributed by atoms with Crippen LogP contribution < -0.4 is 0 Å². The first-order valence-electron chi connectivity index (χ1n) is 3.69.